The third-order valence-electron chi connectivity index (χ3n) is 4.96. The molecule has 0 aromatic carbocycles. The first-order valence-corrected chi connectivity index (χ1v) is 11.8. The molecule has 0 aliphatic carbocycles. The van der Waals surface area contributed by atoms with Crippen molar-refractivity contribution in [2.24, 2.45) is 0 Å². The summed E-state index contributed by atoms with van der Waals surface area (Å²) < 4.78 is 45.3. The number of phosphoric ester groups is 1. The molecule has 2 N–H and O–H groups in total. The van der Waals surface area contributed by atoms with E-state index in [-0.39, 0.29) is 58.7 Å². The molecule has 2 saturated heterocycles. The summed E-state index contributed by atoms with van der Waals surface area (Å²) in [5, 5.41) is 20.3. The summed E-state index contributed by atoms with van der Waals surface area (Å²) in [4.78, 5) is 12.5. The van der Waals surface area contributed by atoms with Crippen LogP contribution in [0.25, 0.3) is 0 Å². The van der Waals surface area contributed by atoms with Crippen molar-refractivity contribution in [1.29, 1.82) is 0 Å². The van der Waals surface area contributed by atoms with Gasteiger partial charge in [0.15, 0.2) is 0 Å². The van der Waals surface area contributed by atoms with Crippen molar-refractivity contribution in [1.82, 2.24) is 0 Å². The Kier molecular flexibility index (Phi) is 11.8. The summed E-state index contributed by atoms with van der Waals surface area (Å²) in [5.41, 5.74) is -1.54. The second-order valence-electron chi connectivity index (χ2n) is 8.45. The van der Waals surface area contributed by atoms with Gasteiger partial charge in [-0.15, -0.1) is 6.10 Å². The number of aliphatic hydroxyl groups excluding tert-OH is 2. The van der Waals surface area contributed by atoms with Gasteiger partial charge < -0.3 is 43.1 Å². The molecule has 10 nitrogen and oxygen atoms in total. The molecule has 0 bridgehead atoms. The largest absolute Gasteiger partial charge is 0.756 e. The summed E-state index contributed by atoms with van der Waals surface area (Å²) in [6.07, 6.45) is -3.27. The molecule has 0 aromatic heterocycles. The van der Waals surface area contributed by atoms with E-state index in [1.165, 1.54) is 0 Å². The average molecular weight is 638 g/mol. The van der Waals surface area contributed by atoms with Crippen LogP contribution in [-0.2, 0) is 53.6 Å². The molecule has 2 rings (SSSR count). The topological polar surface area (TPSA) is 136 Å². The normalized spacial score (nSPS) is 36.2. The van der Waals surface area contributed by atoms with Gasteiger partial charge in [-0.1, -0.05) is 0 Å². The van der Waals surface area contributed by atoms with E-state index in [0.29, 0.717) is 12.5 Å². The fraction of sp³-hybridized carbons (Fsp3) is 0.947. The summed E-state index contributed by atoms with van der Waals surface area (Å²) in [5.74, 6) is 0. The molecule has 31 heavy (non-hydrogen) atoms. The fourth-order valence-electron chi connectivity index (χ4n) is 3.53. The number of phosphoric acid groups is 1. The molecular weight excluding hydrogens is 603 g/mol. The predicted octanol–water partition coefficient (Wildman–Crippen LogP) is 0.924. The van der Waals surface area contributed by atoms with Gasteiger partial charge >= 0.3 is 0 Å². The van der Waals surface area contributed by atoms with Gasteiger partial charge in [0.25, 0.3) is 7.82 Å². The Hall–Kier alpha value is 0.558. The SMILES string of the molecule is CC(C)OC[C@@]1(CO)O[C@@H](C)[C@@H](O)C1OP(=O)([O-])OC[C-]1O[C@@H](C)CC1OC(C)C.[W]. The Morgan fingerprint density at radius 1 is 1.26 bits per heavy atom. The summed E-state index contributed by atoms with van der Waals surface area (Å²) in [6.45, 7) is 9.61. The third kappa shape index (κ3) is 8.07. The molecule has 2 heterocycles. The maximum atomic E-state index is 12.5. The predicted molar refractivity (Wildman–Crippen MR) is 104 cm³/mol. The minimum Gasteiger partial charge on any atom is -0.756 e. The molecular formula is C19H35O10PW-2. The first-order valence-electron chi connectivity index (χ1n) is 10.3. The summed E-state index contributed by atoms with van der Waals surface area (Å²) >= 11 is 0. The molecule has 184 valence electrons. The van der Waals surface area contributed by atoms with Gasteiger partial charge in [0, 0.05) is 33.3 Å². The Labute approximate surface area is 198 Å². The van der Waals surface area contributed by atoms with E-state index in [0.717, 1.165) is 0 Å². The van der Waals surface area contributed by atoms with Crippen molar-refractivity contribution in [3.05, 3.63) is 6.10 Å². The Morgan fingerprint density at radius 2 is 1.90 bits per heavy atom. The maximum Gasteiger partial charge on any atom is 0.265 e. The molecule has 7 atom stereocenters. The Morgan fingerprint density at radius 3 is 2.45 bits per heavy atom. The minimum absolute atomic E-state index is 0. The van der Waals surface area contributed by atoms with E-state index in [1.54, 1.807) is 20.8 Å². The van der Waals surface area contributed by atoms with Gasteiger partial charge in [0.1, 0.15) is 17.8 Å². The number of ether oxygens (including phenoxy) is 4. The van der Waals surface area contributed by atoms with E-state index in [4.69, 9.17) is 28.0 Å². The van der Waals surface area contributed by atoms with Crippen molar-refractivity contribution < 1.29 is 68.7 Å². The monoisotopic (exact) mass is 638 g/mol. The second-order valence-corrected chi connectivity index (χ2v) is 9.81. The average Bonchev–Trinajstić information content (AvgIpc) is 3.09. The first-order chi connectivity index (χ1) is 13.9. The molecule has 0 amide bonds. The summed E-state index contributed by atoms with van der Waals surface area (Å²) in [7, 11) is -4.89. The van der Waals surface area contributed by atoms with Gasteiger partial charge in [-0.2, -0.15) is 0 Å². The summed E-state index contributed by atoms with van der Waals surface area (Å²) in [6, 6.07) is 0. The van der Waals surface area contributed by atoms with Crippen LogP contribution in [0.15, 0.2) is 0 Å². The van der Waals surface area contributed by atoms with Gasteiger partial charge in [0.05, 0.1) is 25.4 Å². The minimum atomic E-state index is -4.89. The smallest absolute Gasteiger partial charge is 0.265 e. The first kappa shape index (κ1) is 29.6. The molecule has 12 heteroatoms. The van der Waals surface area contributed by atoms with Crippen molar-refractivity contribution in [3.8, 4) is 0 Å². The van der Waals surface area contributed by atoms with Gasteiger partial charge in [0.2, 0.25) is 0 Å². The van der Waals surface area contributed by atoms with Crippen molar-refractivity contribution in [3.63, 3.8) is 0 Å². The van der Waals surface area contributed by atoms with E-state index >= 15 is 0 Å². The number of hydrogen-bond acceptors (Lipinski definition) is 10. The van der Waals surface area contributed by atoms with E-state index < -0.39 is 38.3 Å². The second kappa shape index (κ2) is 12.3. The molecule has 0 saturated carbocycles. The molecule has 0 spiro atoms. The van der Waals surface area contributed by atoms with E-state index in [1.807, 2.05) is 20.8 Å². The van der Waals surface area contributed by atoms with Crippen LogP contribution in [0.5, 0.6) is 0 Å². The van der Waals surface area contributed by atoms with Crippen LogP contribution in [0.2, 0.25) is 0 Å². The van der Waals surface area contributed by atoms with Crippen molar-refractivity contribution in [2.45, 2.75) is 96.3 Å². The zero-order valence-corrected chi connectivity index (χ0v) is 22.7. The Bertz CT molecular complexity index is 594. The number of rotatable bonds is 11. The van der Waals surface area contributed by atoms with Crippen LogP contribution < -0.4 is 4.89 Å². The molecule has 3 unspecified atom stereocenters. The zero-order valence-electron chi connectivity index (χ0n) is 18.9. The van der Waals surface area contributed by atoms with Crippen LogP contribution in [0.4, 0.5) is 0 Å². The Balaban J connectivity index is 0.00000480. The standard InChI is InChI=1S/C19H36O10P.W/c1-11(2)24-10-19(9-20)18(17(21)14(6)28-19)29-30(22,23)25-8-16-15(26-12(3)4)7-13(5)27-16;/h11-15,17-18,20-21H,7-10H2,1-6H3,(H,22,23);/q-1;/p-1/t13-,14-,15?,17+,18?,19+;/m0./s1. The van der Waals surface area contributed by atoms with Crippen molar-refractivity contribution >= 4 is 7.82 Å². The molecule has 2 aliphatic rings. The van der Waals surface area contributed by atoms with Gasteiger partial charge in [-0.05, 0) is 60.7 Å². The van der Waals surface area contributed by atoms with Crippen LogP contribution in [-0.4, -0.2) is 78.4 Å². The molecule has 0 aromatic rings. The quantitative estimate of drug-likeness (QED) is 0.249. The van der Waals surface area contributed by atoms with E-state index in [2.05, 4.69) is 0 Å². The van der Waals surface area contributed by atoms with Gasteiger partial charge in [-0.3, -0.25) is 4.57 Å². The molecule has 0 radical (unpaired) electrons. The van der Waals surface area contributed by atoms with Gasteiger partial charge in [-0.25, -0.2) is 0 Å². The van der Waals surface area contributed by atoms with Crippen LogP contribution in [0, 0.1) is 6.10 Å². The maximum absolute atomic E-state index is 12.5. The third-order valence-corrected chi connectivity index (χ3v) is 5.89. The number of aliphatic hydroxyl groups is 2. The van der Waals surface area contributed by atoms with Crippen molar-refractivity contribution in [2.75, 3.05) is 19.8 Å². The number of hydrogen-bond donors (Lipinski definition) is 2. The zero-order chi connectivity index (χ0) is 22.7. The van der Waals surface area contributed by atoms with Crippen LogP contribution in [0.1, 0.15) is 48.0 Å². The van der Waals surface area contributed by atoms with E-state index in [9.17, 15) is 19.7 Å². The molecule has 2 aliphatic heterocycles. The fourth-order valence-corrected chi connectivity index (χ4v) is 4.48. The van der Waals surface area contributed by atoms with Crippen LogP contribution >= 0.6 is 7.82 Å². The van der Waals surface area contributed by atoms with Crippen LogP contribution in [0.3, 0.4) is 0 Å². The molecule has 2 fully saturated rings.